The highest BCUT2D eigenvalue weighted by Gasteiger charge is 2.31. The third-order valence-electron chi connectivity index (χ3n) is 7.06. The number of carbonyl (C=O) groups is 2. The van der Waals surface area contributed by atoms with E-state index in [4.69, 9.17) is 9.47 Å². The van der Waals surface area contributed by atoms with E-state index in [0.29, 0.717) is 31.2 Å². The zero-order valence-electron chi connectivity index (χ0n) is 18.2. The molecule has 1 saturated carbocycles. The molecule has 1 unspecified atom stereocenters. The standard InChI is InChI=1S/C24H33N3O4/c28-23-16-31-21(12-25-24(29)20-3-4-22-19(11-20)7-10-30-22)15-27(23)14-18-5-8-26(9-6-18)13-17-1-2-17/h3-4,11,17-18,21H,1-2,5-10,12-16H2,(H,25,29). The van der Waals surface area contributed by atoms with Crippen molar-refractivity contribution in [2.24, 2.45) is 11.8 Å². The second kappa shape index (κ2) is 9.17. The topological polar surface area (TPSA) is 71.1 Å². The highest BCUT2D eigenvalue weighted by Crippen LogP contribution is 2.31. The summed E-state index contributed by atoms with van der Waals surface area (Å²) in [6.45, 7) is 6.15. The molecule has 1 aliphatic carbocycles. The first-order valence-electron chi connectivity index (χ1n) is 11.8. The molecule has 1 aromatic carbocycles. The maximum atomic E-state index is 12.6. The van der Waals surface area contributed by atoms with Gasteiger partial charge in [-0.25, -0.2) is 0 Å². The number of likely N-dealkylation sites (tertiary alicyclic amines) is 1. The molecule has 4 aliphatic rings. The van der Waals surface area contributed by atoms with Crippen LogP contribution in [-0.4, -0.2) is 80.2 Å². The first kappa shape index (κ1) is 20.8. The maximum Gasteiger partial charge on any atom is 0.251 e. The Morgan fingerprint density at radius 2 is 1.90 bits per heavy atom. The molecule has 168 valence electrons. The summed E-state index contributed by atoms with van der Waals surface area (Å²) in [6, 6.07) is 5.57. The van der Waals surface area contributed by atoms with Crippen LogP contribution in [0.1, 0.15) is 41.6 Å². The van der Waals surface area contributed by atoms with E-state index in [1.54, 1.807) is 6.07 Å². The van der Waals surface area contributed by atoms with Crippen molar-refractivity contribution in [1.82, 2.24) is 15.1 Å². The number of benzene rings is 1. The quantitative estimate of drug-likeness (QED) is 0.717. The minimum atomic E-state index is -0.158. The molecule has 0 aromatic heterocycles. The van der Waals surface area contributed by atoms with Crippen LogP contribution in [0.2, 0.25) is 0 Å². The zero-order valence-corrected chi connectivity index (χ0v) is 18.2. The van der Waals surface area contributed by atoms with Crippen molar-refractivity contribution < 1.29 is 19.1 Å². The second-order valence-corrected chi connectivity index (χ2v) is 9.55. The van der Waals surface area contributed by atoms with Crippen LogP contribution in [0.15, 0.2) is 18.2 Å². The number of carbonyl (C=O) groups excluding carboxylic acids is 2. The van der Waals surface area contributed by atoms with Crippen molar-refractivity contribution >= 4 is 11.8 Å². The molecular formula is C24H33N3O4. The number of hydrogen-bond donors (Lipinski definition) is 1. The van der Waals surface area contributed by atoms with Gasteiger partial charge in [0.2, 0.25) is 5.91 Å². The minimum absolute atomic E-state index is 0.0709. The summed E-state index contributed by atoms with van der Waals surface area (Å²) in [4.78, 5) is 29.5. The van der Waals surface area contributed by atoms with Crippen LogP contribution in [0.3, 0.4) is 0 Å². The summed E-state index contributed by atoms with van der Waals surface area (Å²) in [6.07, 6.45) is 5.83. The molecule has 7 nitrogen and oxygen atoms in total. The summed E-state index contributed by atoms with van der Waals surface area (Å²) in [5, 5.41) is 2.98. The van der Waals surface area contributed by atoms with Gasteiger partial charge in [0.25, 0.3) is 5.91 Å². The lowest BCUT2D eigenvalue weighted by Gasteiger charge is -2.38. The molecule has 31 heavy (non-hydrogen) atoms. The molecule has 5 rings (SSSR count). The lowest BCUT2D eigenvalue weighted by atomic mass is 9.95. The molecule has 3 heterocycles. The van der Waals surface area contributed by atoms with Gasteiger partial charge in [0.1, 0.15) is 12.4 Å². The number of nitrogens with zero attached hydrogens (tertiary/aromatic N) is 2. The fourth-order valence-corrected chi connectivity index (χ4v) is 4.95. The Labute approximate surface area is 184 Å². The van der Waals surface area contributed by atoms with E-state index in [1.807, 2.05) is 17.0 Å². The average Bonchev–Trinajstić information content (AvgIpc) is 3.47. The third kappa shape index (κ3) is 5.21. The van der Waals surface area contributed by atoms with Crippen LogP contribution in [0.5, 0.6) is 5.75 Å². The molecule has 1 atom stereocenters. The van der Waals surface area contributed by atoms with Gasteiger partial charge in [-0.2, -0.15) is 0 Å². The van der Waals surface area contributed by atoms with Crippen LogP contribution in [-0.2, 0) is 16.0 Å². The summed E-state index contributed by atoms with van der Waals surface area (Å²) in [7, 11) is 0. The normalized spacial score (nSPS) is 24.7. The Morgan fingerprint density at radius 3 is 2.71 bits per heavy atom. The Bertz CT molecular complexity index is 817. The van der Waals surface area contributed by atoms with E-state index < -0.39 is 0 Å². The van der Waals surface area contributed by atoms with Gasteiger partial charge in [-0.05, 0) is 74.4 Å². The van der Waals surface area contributed by atoms with Crippen molar-refractivity contribution in [3.05, 3.63) is 29.3 Å². The number of morpholine rings is 1. The predicted octanol–water partition coefficient (Wildman–Crippen LogP) is 1.70. The average molecular weight is 428 g/mol. The van der Waals surface area contributed by atoms with Crippen LogP contribution >= 0.6 is 0 Å². The first-order chi connectivity index (χ1) is 15.1. The van der Waals surface area contributed by atoms with E-state index in [0.717, 1.165) is 43.3 Å². The molecule has 0 radical (unpaired) electrons. The summed E-state index contributed by atoms with van der Waals surface area (Å²) in [5.41, 5.74) is 1.73. The highest BCUT2D eigenvalue weighted by atomic mass is 16.5. The van der Waals surface area contributed by atoms with E-state index in [9.17, 15) is 9.59 Å². The second-order valence-electron chi connectivity index (χ2n) is 9.55. The Kier molecular flexibility index (Phi) is 6.14. The van der Waals surface area contributed by atoms with Crippen LogP contribution in [0.4, 0.5) is 0 Å². The van der Waals surface area contributed by atoms with Gasteiger partial charge in [0.05, 0.1) is 12.7 Å². The molecule has 0 spiro atoms. The predicted molar refractivity (Wildman–Crippen MR) is 116 cm³/mol. The molecule has 1 N–H and O–H groups in total. The van der Waals surface area contributed by atoms with Crippen LogP contribution < -0.4 is 10.1 Å². The molecule has 0 bridgehead atoms. The Hall–Kier alpha value is -2.12. The number of rotatable bonds is 7. The Morgan fingerprint density at radius 1 is 1.10 bits per heavy atom. The van der Waals surface area contributed by atoms with Crippen LogP contribution in [0.25, 0.3) is 0 Å². The van der Waals surface area contributed by atoms with Gasteiger partial charge in [-0.3, -0.25) is 9.59 Å². The van der Waals surface area contributed by atoms with Gasteiger partial charge in [0.15, 0.2) is 0 Å². The van der Waals surface area contributed by atoms with Crippen LogP contribution in [0, 0.1) is 11.8 Å². The van der Waals surface area contributed by atoms with Crippen molar-refractivity contribution in [2.75, 3.05) is 52.5 Å². The maximum absolute atomic E-state index is 12.6. The molecule has 3 fully saturated rings. The number of nitrogens with one attached hydrogen (secondary N) is 1. The van der Waals surface area contributed by atoms with Gasteiger partial charge >= 0.3 is 0 Å². The van der Waals surface area contributed by atoms with Gasteiger partial charge in [-0.15, -0.1) is 0 Å². The van der Waals surface area contributed by atoms with Crippen molar-refractivity contribution in [3.8, 4) is 5.75 Å². The SMILES string of the molecule is O=C(NCC1CN(CC2CCN(CC3CC3)CC2)C(=O)CO1)c1ccc2c(c1)CCO2. The van der Waals surface area contributed by atoms with Crippen molar-refractivity contribution in [3.63, 3.8) is 0 Å². The highest BCUT2D eigenvalue weighted by molar-refractivity contribution is 5.94. The monoisotopic (exact) mass is 427 g/mol. The number of hydrogen-bond acceptors (Lipinski definition) is 5. The van der Waals surface area contributed by atoms with Gasteiger partial charge in [0, 0.05) is 38.2 Å². The molecule has 1 aromatic rings. The van der Waals surface area contributed by atoms with Crippen molar-refractivity contribution in [2.45, 2.75) is 38.2 Å². The molecule has 2 saturated heterocycles. The van der Waals surface area contributed by atoms with Gasteiger partial charge < -0.3 is 24.6 Å². The first-order valence-corrected chi connectivity index (χ1v) is 11.8. The molecule has 7 heteroatoms. The zero-order chi connectivity index (χ0) is 21.2. The minimum Gasteiger partial charge on any atom is -0.493 e. The Balaban J connectivity index is 1.08. The lowest BCUT2D eigenvalue weighted by molar-refractivity contribution is -0.149. The summed E-state index contributed by atoms with van der Waals surface area (Å²) in [5.74, 6) is 2.35. The lowest BCUT2D eigenvalue weighted by Crippen LogP contribution is -2.52. The molecule has 3 aliphatic heterocycles. The number of amides is 2. The third-order valence-corrected chi connectivity index (χ3v) is 7.06. The summed E-state index contributed by atoms with van der Waals surface area (Å²) < 4.78 is 11.2. The summed E-state index contributed by atoms with van der Waals surface area (Å²) >= 11 is 0. The fraction of sp³-hybridized carbons (Fsp3) is 0.667. The van der Waals surface area contributed by atoms with E-state index >= 15 is 0 Å². The molecular weight excluding hydrogens is 394 g/mol. The smallest absolute Gasteiger partial charge is 0.251 e. The number of ether oxygens (including phenoxy) is 2. The van der Waals surface area contributed by atoms with E-state index in [1.165, 1.54) is 32.2 Å². The fourth-order valence-electron chi connectivity index (χ4n) is 4.95. The van der Waals surface area contributed by atoms with Crippen molar-refractivity contribution in [1.29, 1.82) is 0 Å². The molecule has 2 amide bonds. The number of piperidine rings is 1. The van der Waals surface area contributed by atoms with Gasteiger partial charge in [-0.1, -0.05) is 0 Å². The largest absolute Gasteiger partial charge is 0.493 e. The van der Waals surface area contributed by atoms with E-state index in [2.05, 4.69) is 10.2 Å². The van der Waals surface area contributed by atoms with E-state index in [-0.39, 0.29) is 24.5 Å². The number of fused-ring (bicyclic) bond motifs is 1.